The van der Waals surface area contributed by atoms with Gasteiger partial charge in [0.2, 0.25) is 0 Å². The molecule has 0 aliphatic heterocycles. The molecule has 0 saturated carbocycles. The van der Waals surface area contributed by atoms with E-state index in [2.05, 4.69) is 36.5 Å². The van der Waals surface area contributed by atoms with Crippen LogP contribution < -0.4 is 0 Å². The first-order valence-corrected chi connectivity index (χ1v) is 4.21. The Morgan fingerprint density at radius 3 is 3.08 bits per heavy atom. The highest BCUT2D eigenvalue weighted by Gasteiger charge is 2.17. The monoisotopic (exact) mass is 160 g/mol. The molecule has 0 radical (unpaired) electrons. The van der Waals surface area contributed by atoms with Gasteiger partial charge in [-0.25, -0.2) is 0 Å². The maximum atomic E-state index is 5.27. The normalized spacial score (nSPS) is 25.9. The van der Waals surface area contributed by atoms with Crippen LogP contribution >= 0.6 is 0 Å². The van der Waals surface area contributed by atoms with E-state index in [4.69, 9.17) is 4.74 Å². The average molecular weight is 160 g/mol. The SMILES string of the molecule is COC1=C2C=CC=CC2CC=C1. The Kier molecular flexibility index (Phi) is 1.86. The van der Waals surface area contributed by atoms with E-state index in [1.807, 2.05) is 0 Å². The van der Waals surface area contributed by atoms with Crippen molar-refractivity contribution in [1.29, 1.82) is 0 Å². The molecule has 2 rings (SSSR count). The summed E-state index contributed by atoms with van der Waals surface area (Å²) in [6, 6.07) is 0. The smallest absolute Gasteiger partial charge is 0.122 e. The summed E-state index contributed by atoms with van der Waals surface area (Å²) in [7, 11) is 1.72. The van der Waals surface area contributed by atoms with E-state index in [0.717, 1.165) is 12.2 Å². The summed E-state index contributed by atoms with van der Waals surface area (Å²) in [5.74, 6) is 1.54. The Bertz CT molecular complexity index is 292. The molecule has 0 fully saturated rings. The van der Waals surface area contributed by atoms with Gasteiger partial charge in [0, 0.05) is 11.5 Å². The topological polar surface area (TPSA) is 9.23 Å². The van der Waals surface area contributed by atoms with Crippen LogP contribution in [0.2, 0.25) is 0 Å². The van der Waals surface area contributed by atoms with E-state index in [0.29, 0.717) is 5.92 Å². The van der Waals surface area contributed by atoms with Gasteiger partial charge in [-0.1, -0.05) is 30.4 Å². The lowest BCUT2D eigenvalue weighted by Gasteiger charge is -2.21. The van der Waals surface area contributed by atoms with Crippen LogP contribution in [0.5, 0.6) is 0 Å². The lowest BCUT2D eigenvalue weighted by Crippen LogP contribution is -2.07. The summed E-state index contributed by atoms with van der Waals surface area (Å²) in [4.78, 5) is 0. The molecule has 0 aromatic rings. The Balaban J connectivity index is 2.39. The first kappa shape index (κ1) is 7.41. The van der Waals surface area contributed by atoms with E-state index in [-0.39, 0.29) is 0 Å². The zero-order valence-corrected chi connectivity index (χ0v) is 7.16. The van der Waals surface area contributed by atoms with E-state index in [1.54, 1.807) is 7.11 Å². The van der Waals surface area contributed by atoms with Gasteiger partial charge < -0.3 is 4.74 Å². The predicted molar refractivity (Wildman–Crippen MR) is 49.6 cm³/mol. The zero-order valence-electron chi connectivity index (χ0n) is 7.16. The molecule has 0 aromatic heterocycles. The van der Waals surface area contributed by atoms with Crippen molar-refractivity contribution in [3.63, 3.8) is 0 Å². The van der Waals surface area contributed by atoms with Crippen LogP contribution in [0.15, 0.2) is 47.8 Å². The fraction of sp³-hybridized carbons (Fsp3) is 0.273. The minimum absolute atomic E-state index is 0.537. The van der Waals surface area contributed by atoms with Crippen LogP contribution in [0.1, 0.15) is 6.42 Å². The van der Waals surface area contributed by atoms with Gasteiger partial charge in [-0.15, -0.1) is 0 Å². The average Bonchev–Trinajstić information content (AvgIpc) is 2.17. The first-order chi connectivity index (χ1) is 5.92. The third-order valence-corrected chi connectivity index (χ3v) is 2.29. The number of rotatable bonds is 1. The number of methoxy groups -OCH3 is 1. The molecule has 2 aliphatic carbocycles. The van der Waals surface area contributed by atoms with Gasteiger partial charge in [0.1, 0.15) is 5.76 Å². The molecule has 0 N–H and O–H groups in total. The Morgan fingerprint density at radius 2 is 2.25 bits per heavy atom. The molecular formula is C11H12O. The van der Waals surface area contributed by atoms with Crippen LogP contribution in [0.4, 0.5) is 0 Å². The fourth-order valence-corrected chi connectivity index (χ4v) is 1.66. The van der Waals surface area contributed by atoms with Crippen LogP contribution in [-0.2, 0) is 4.74 Å². The molecule has 2 aliphatic rings. The second-order valence-electron chi connectivity index (χ2n) is 3.01. The van der Waals surface area contributed by atoms with Crippen molar-refractivity contribution in [1.82, 2.24) is 0 Å². The van der Waals surface area contributed by atoms with Gasteiger partial charge in [0.25, 0.3) is 0 Å². The van der Waals surface area contributed by atoms with Crippen molar-refractivity contribution in [2.75, 3.05) is 7.11 Å². The Morgan fingerprint density at radius 1 is 1.33 bits per heavy atom. The third-order valence-electron chi connectivity index (χ3n) is 2.29. The largest absolute Gasteiger partial charge is 0.496 e. The van der Waals surface area contributed by atoms with Gasteiger partial charge in [-0.2, -0.15) is 0 Å². The molecule has 0 aromatic carbocycles. The third kappa shape index (κ3) is 1.11. The highest BCUT2D eigenvalue weighted by atomic mass is 16.5. The number of ether oxygens (including phenoxy) is 1. The molecule has 12 heavy (non-hydrogen) atoms. The summed E-state index contributed by atoms with van der Waals surface area (Å²) in [5, 5.41) is 0. The van der Waals surface area contributed by atoms with Gasteiger partial charge in [0.05, 0.1) is 7.11 Å². The van der Waals surface area contributed by atoms with E-state index in [1.165, 1.54) is 5.57 Å². The molecular weight excluding hydrogens is 148 g/mol. The highest BCUT2D eigenvalue weighted by Crippen LogP contribution is 2.29. The van der Waals surface area contributed by atoms with Crippen LogP contribution in [0, 0.1) is 5.92 Å². The predicted octanol–water partition coefficient (Wildman–Crippen LogP) is 2.59. The lowest BCUT2D eigenvalue weighted by atomic mass is 9.87. The Labute approximate surface area is 72.7 Å². The molecule has 1 atom stereocenters. The summed E-state index contributed by atoms with van der Waals surface area (Å²) >= 11 is 0. The number of fused-ring (bicyclic) bond motifs is 1. The molecule has 1 nitrogen and oxygen atoms in total. The summed E-state index contributed by atoms with van der Waals surface area (Å²) in [5.41, 5.74) is 1.31. The Hall–Kier alpha value is -1.24. The molecule has 0 saturated heterocycles. The number of allylic oxidation sites excluding steroid dienone is 7. The lowest BCUT2D eigenvalue weighted by molar-refractivity contribution is 0.297. The zero-order chi connectivity index (χ0) is 8.39. The first-order valence-electron chi connectivity index (χ1n) is 4.21. The summed E-state index contributed by atoms with van der Waals surface area (Å²) < 4.78 is 5.27. The minimum Gasteiger partial charge on any atom is -0.496 e. The minimum atomic E-state index is 0.537. The molecule has 1 unspecified atom stereocenters. The maximum absolute atomic E-state index is 5.27. The van der Waals surface area contributed by atoms with E-state index >= 15 is 0 Å². The van der Waals surface area contributed by atoms with Crippen molar-refractivity contribution >= 4 is 0 Å². The molecule has 0 heterocycles. The van der Waals surface area contributed by atoms with Gasteiger partial charge >= 0.3 is 0 Å². The summed E-state index contributed by atoms with van der Waals surface area (Å²) in [6.07, 6.45) is 13.8. The quantitative estimate of drug-likeness (QED) is 0.573. The second-order valence-corrected chi connectivity index (χ2v) is 3.01. The molecule has 62 valence electrons. The molecule has 0 amide bonds. The maximum Gasteiger partial charge on any atom is 0.122 e. The molecule has 1 heteroatoms. The van der Waals surface area contributed by atoms with E-state index in [9.17, 15) is 0 Å². The van der Waals surface area contributed by atoms with E-state index < -0.39 is 0 Å². The van der Waals surface area contributed by atoms with Crippen LogP contribution in [0.3, 0.4) is 0 Å². The van der Waals surface area contributed by atoms with Crippen molar-refractivity contribution in [3.8, 4) is 0 Å². The molecule has 0 spiro atoms. The van der Waals surface area contributed by atoms with Gasteiger partial charge in [-0.3, -0.25) is 0 Å². The fourth-order valence-electron chi connectivity index (χ4n) is 1.66. The van der Waals surface area contributed by atoms with Crippen molar-refractivity contribution in [3.05, 3.63) is 47.8 Å². The summed E-state index contributed by atoms with van der Waals surface area (Å²) in [6.45, 7) is 0. The number of hydrogen-bond donors (Lipinski definition) is 0. The van der Waals surface area contributed by atoms with Crippen molar-refractivity contribution < 1.29 is 4.74 Å². The van der Waals surface area contributed by atoms with Crippen LogP contribution in [0.25, 0.3) is 0 Å². The van der Waals surface area contributed by atoms with Crippen LogP contribution in [-0.4, -0.2) is 7.11 Å². The van der Waals surface area contributed by atoms with Crippen molar-refractivity contribution in [2.24, 2.45) is 5.92 Å². The standard InChI is InChI=1S/C11H12O/c1-12-11-8-4-6-9-5-2-3-7-10(9)11/h2-5,7-9H,6H2,1H3. The number of hydrogen-bond acceptors (Lipinski definition) is 1. The van der Waals surface area contributed by atoms with Gasteiger partial charge in [-0.05, 0) is 12.5 Å². The second kappa shape index (κ2) is 3.02. The molecule has 0 bridgehead atoms. The highest BCUT2D eigenvalue weighted by molar-refractivity contribution is 5.41. The van der Waals surface area contributed by atoms with Crippen molar-refractivity contribution in [2.45, 2.75) is 6.42 Å². The van der Waals surface area contributed by atoms with Gasteiger partial charge in [0.15, 0.2) is 0 Å².